The molecule has 0 N–H and O–H groups in total. The first-order valence-electron chi connectivity index (χ1n) is 6.52. The molecule has 0 aliphatic heterocycles. The van der Waals surface area contributed by atoms with Gasteiger partial charge in [-0.05, 0) is 30.9 Å². The largest absolute Gasteiger partial charge is 0.294 e. The van der Waals surface area contributed by atoms with Crippen molar-refractivity contribution in [2.45, 2.75) is 39.0 Å². The van der Waals surface area contributed by atoms with Crippen molar-refractivity contribution >= 4 is 17.4 Å². The second kappa shape index (κ2) is 5.68. The molecule has 0 bridgehead atoms. The van der Waals surface area contributed by atoms with Crippen LogP contribution in [-0.2, 0) is 0 Å². The third-order valence-corrected chi connectivity index (χ3v) is 4.24. The summed E-state index contributed by atoms with van der Waals surface area (Å²) in [5.74, 6) is 0.989. The van der Waals surface area contributed by atoms with Crippen LogP contribution in [-0.4, -0.2) is 5.78 Å². The van der Waals surface area contributed by atoms with Crippen molar-refractivity contribution in [1.29, 1.82) is 0 Å². The summed E-state index contributed by atoms with van der Waals surface area (Å²) in [5, 5.41) is 0.595. The number of carbonyl (C=O) groups excluding carboxylic acids is 1. The van der Waals surface area contributed by atoms with Crippen LogP contribution in [0.1, 0.15) is 49.4 Å². The summed E-state index contributed by atoms with van der Waals surface area (Å²) < 4.78 is 0. The maximum absolute atomic E-state index is 12.5. The van der Waals surface area contributed by atoms with E-state index in [2.05, 4.69) is 6.92 Å². The van der Waals surface area contributed by atoms with E-state index in [0.717, 1.165) is 12.8 Å². The van der Waals surface area contributed by atoms with Gasteiger partial charge in [0.25, 0.3) is 0 Å². The molecule has 0 heterocycles. The number of hydrogen-bond acceptors (Lipinski definition) is 1. The van der Waals surface area contributed by atoms with Crippen molar-refractivity contribution in [3.8, 4) is 0 Å². The predicted molar refractivity (Wildman–Crippen MR) is 71.5 cm³/mol. The highest BCUT2D eigenvalue weighted by atomic mass is 35.5. The predicted octanol–water partition coefficient (Wildman–Crippen LogP) is 4.74. The minimum Gasteiger partial charge on any atom is -0.294 e. The molecule has 1 aliphatic carbocycles. The molecule has 0 saturated heterocycles. The van der Waals surface area contributed by atoms with Crippen LogP contribution in [0.3, 0.4) is 0 Å². The van der Waals surface area contributed by atoms with Gasteiger partial charge in [0.2, 0.25) is 0 Å². The molecular formula is C15H19ClO. The lowest BCUT2D eigenvalue weighted by Crippen LogP contribution is -2.27. The first-order chi connectivity index (χ1) is 8.24. The van der Waals surface area contributed by atoms with Gasteiger partial charge >= 0.3 is 0 Å². The third kappa shape index (κ3) is 2.71. The van der Waals surface area contributed by atoms with Crippen molar-refractivity contribution in [2.24, 2.45) is 11.8 Å². The molecule has 0 spiro atoms. The summed E-state index contributed by atoms with van der Waals surface area (Å²) in [6, 6.07) is 7.42. The van der Waals surface area contributed by atoms with Crippen LogP contribution in [0.15, 0.2) is 24.3 Å². The van der Waals surface area contributed by atoms with Gasteiger partial charge in [0.05, 0.1) is 5.02 Å². The molecule has 2 atom stereocenters. The van der Waals surface area contributed by atoms with Crippen LogP contribution in [0, 0.1) is 11.8 Å². The summed E-state index contributed by atoms with van der Waals surface area (Å²) in [6.07, 6.45) is 5.77. The molecule has 0 aromatic heterocycles. The van der Waals surface area contributed by atoms with Gasteiger partial charge in [0, 0.05) is 11.5 Å². The van der Waals surface area contributed by atoms with Crippen LogP contribution in [0.5, 0.6) is 0 Å². The summed E-state index contributed by atoms with van der Waals surface area (Å²) in [5.41, 5.74) is 0.708. The molecule has 0 radical (unpaired) electrons. The Hall–Kier alpha value is -0.820. The standard InChI is InChI=1S/C15H19ClO/c1-2-11-7-3-4-8-12(11)15(17)13-9-5-6-10-14(13)16/h5-6,9-12H,2-4,7-8H2,1H3. The van der Waals surface area contributed by atoms with E-state index in [4.69, 9.17) is 11.6 Å². The van der Waals surface area contributed by atoms with E-state index in [1.54, 1.807) is 6.07 Å². The summed E-state index contributed by atoms with van der Waals surface area (Å²) in [6.45, 7) is 2.18. The molecule has 1 saturated carbocycles. The molecule has 1 aromatic carbocycles. The van der Waals surface area contributed by atoms with Crippen molar-refractivity contribution in [2.75, 3.05) is 0 Å². The molecule has 2 unspecified atom stereocenters. The Bertz CT molecular complexity index is 400. The highest BCUT2D eigenvalue weighted by Crippen LogP contribution is 2.35. The Morgan fingerprint density at radius 3 is 2.71 bits per heavy atom. The molecule has 1 aliphatic rings. The van der Waals surface area contributed by atoms with Crippen LogP contribution < -0.4 is 0 Å². The monoisotopic (exact) mass is 250 g/mol. The number of Topliss-reactive ketones (excluding diaryl/α,β-unsaturated/α-hetero) is 1. The van der Waals surface area contributed by atoms with Crippen LogP contribution in [0.4, 0.5) is 0 Å². The van der Waals surface area contributed by atoms with Crippen LogP contribution in [0.2, 0.25) is 5.02 Å². The van der Waals surface area contributed by atoms with Crippen molar-refractivity contribution in [3.63, 3.8) is 0 Å². The molecule has 0 amide bonds. The van der Waals surface area contributed by atoms with Crippen LogP contribution in [0.25, 0.3) is 0 Å². The molecule has 1 fully saturated rings. The summed E-state index contributed by atoms with van der Waals surface area (Å²) in [4.78, 5) is 12.5. The van der Waals surface area contributed by atoms with Gasteiger partial charge in [-0.25, -0.2) is 0 Å². The van der Waals surface area contributed by atoms with Crippen molar-refractivity contribution < 1.29 is 4.79 Å². The van der Waals surface area contributed by atoms with Gasteiger partial charge in [0.15, 0.2) is 5.78 Å². The Morgan fingerprint density at radius 1 is 1.29 bits per heavy atom. The molecule has 1 nitrogen and oxygen atoms in total. The van der Waals surface area contributed by atoms with Gasteiger partial charge in [-0.3, -0.25) is 4.79 Å². The fourth-order valence-corrected chi connectivity index (χ4v) is 3.13. The Morgan fingerprint density at radius 2 is 2.00 bits per heavy atom. The second-order valence-electron chi connectivity index (χ2n) is 4.90. The van der Waals surface area contributed by atoms with E-state index in [0.29, 0.717) is 16.5 Å². The van der Waals surface area contributed by atoms with E-state index in [1.165, 1.54) is 19.3 Å². The molecule has 1 aromatic rings. The average molecular weight is 251 g/mol. The maximum Gasteiger partial charge on any atom is 0.167 e. The van der Waals surface area contributed by atoms with Gasteiger partial charge in [-0.2, -0.15) is 0 Å². The van der Waals surface area contributed by atoms with Gasteiger partial charge < -0.3 is 0 Å². The molecule has 2 heteroatoms. The maximum atomic E-state index is 12.5. The molecule has 17 heavy (non-hydrogen) atoms. The van der Waals surface area contributed by atoms with E-state index in [-0.39, 0.29) is 11.7 Å². The molecular weight excluding hydrogens is 232 g/mol. The number of rotatable bonds is 3. The van der Waals surface area contributed by atoms with E-state index in [1.807, 2.05) is 18.2 Å². The normalized spacial score (nSPS) is 24.6. The van der Waals surface area contributed by atoms with E-state index in [9.17, 15) is 4.79 Å². The number of hydrogen-bond donors (Lipinski definition) is 0. The minimum atomic E-state index is 0.189. The third-order valence-electron chi connectivity index (χ3n) is 3.91. The summed E-state index contributed by atoms with van der Waals surface area (Å²) in [7, 11) is 0. The van der Waals surface area contributed by atoms with E-state index >= 15 is 0 Å². The number of ketones is 1. The SMILES string of the molecule is CCC1CCCCC1C(=O)c1ccccc1Cl. The number of carbonyl (C=O) groups is 1. The zero-order valence-corrected chi connectivity index (χ0v) is 11.0. The van der Waals surface area contributed by atoms with Gasteiger partial charge in [0.1, 0.15) is 0 Å². The lowest BCUT2D eigenvalue weighted by atomic mass is 9.74. The smallest absolute Gasteiger partial charge is 0.167 e. The lowest BCUT2D eigenvalue weighted by molar-refractivity contribution is 0.0820. The Kier molecular flexibility index (Phi) is 4.22. The molecule has 92 valence electrons. The van der Waals surface area contributed by atoms with Crippen molar-refractivity contribution in [3.05, 3.63) is 34.9 Å². The Labute approximate surface area is 108 Å². The zero-order chi connectivity index (χ0) is 12.3. The average Bonchev–Trinajstić information content (AvgIpc) is 2.38. The van der Waals surface area contributed by atoms with E-state index < -0.39 is 0 Å². The summed E-state index contributed by atoms with van der Waals surface area (Å²) >= 11 is 6.11. The first kappa shape index (κ1) is 12.6. The van der Waals surface area contributed by atoms with Gasteiger partial charge in [-0.1, -0.05) is 49.9 Å². The van der Waals surface area contributed by atoms with Gasteiger partial charge in [-0.15, -0.1) is 0 Å². The fraction of sp³-hybridized carbons (Fsp3) is 0.533. The highest BCUT2D eigenvalue weighted by Gasteiger charge is 2.30. The fourth-order valence-electron chi connectivity index (χ4n) is 2.90. The lowest BCUT2D eigenvalue weighted by Gasteiger charge is -2.29. The topological polar surface area (TPSA) is 17.1 Å². The number of benzene rings is 1. The number of halogens is 1. The highest BCUT2D eigenvalue weighted by molar-refractivity contribution is 6.34. The second-order valence-corrected chi connectivity index (χ2v) is 5.31. The van der Waals surface area contributed by atoms with Crippen molar-refractivity contribution in [1.82, 2.24) is 0 Å². The quantitative estimate of drug-likeness (QED) is 0.709. The Balaban J connectivity index is 2.21. The minimum absolute atomic E-state index is 0.189. The zero-order valence-electron chi connectivity index (χ0n) is 10.3. The first-order valence-corrected chi connectivity index (χ1v) is 6.90. The molecule has 2 rings (SSSR count). The van der Waals surface area contributed by atoms with Crippen LogP contribution >= 0.6 is 11.6 Å².